The maximum Gasteiger partial charge on any atom is 0.573 e. The van der Waals surface area contributed by atoms with Gasteiger partial charge in [-0.25, -0.2) is 13.5 Å². The molecule has 0 saturated heterocycles. The first-order valence-corrected chi connectivity index (χ1v) is 11.1. The minimum absolute atomic E-state index is 0.119. The average molecular weight is 554 g/mol. The van der Waals surface area contributed by atoms with E-state index in [0.717, 1.165) is 45.8 Å². The van der Waals surface area contributed by atoms with E-state index in [4.69, 9.17) is 16.3 Å². The van der Waals surface area contributed by atoms with Gasteiger partial charge in [0.2, 0.25) is 0 Å². The van der Waals surface area contributed by atoms with Crippen molar-refractivity contribution in [1.29, 1.82) is 0 Å². The predicted molar refractivity (Wildman–Crippen MR) is 129 cm³/mol. The van der Waals surface area contributed by atoms with E-state index < -0.39 is 46.5 Å². The Hall–Kier alpha value is -4.32. The highest BCUT2D eigenvalue weighted by atomic mass is 35.5. The maximum atomic E-state index is 15.1. The third-order valence-corrected chi connectivity index (χ3v) is 5.74. The maximum absolute atomic E-state index is 15.1. The number of carbonyl (C=O) groups is 1. The van der Waals surface area contributed by atoms with Crippen LogP contribution < -0.4 is 20.3 Å². The molecule has 0 radical (unpaired) electrons. The van der Waals surface area contributed by atoms with Crippen LogP contribution in [0.4, 0.5) is 27.6 Å². The molecule has 0 saturated carbocycles. The second-order valence-corrected chi connectivity index (χ2v) is 8.22. The smallest absolute Gasteiger partial charge is 0.497 e. The summed E-state index contributed by atoms with van der Waals surface area (Å²) < 4.78 is 78.3. The number of carbonyl (C=O) groups excluding carboxylic acids is 1. The Labute approximate surface area is 216 Å². The molecule has 0 atom stereocenters. The summed E-state index contributed by atoms with van der Waals surface area (Å²) in [4.78, 5) is 26.5. The first kappa shape index (κ1) is 26.7. The van der Waals surface area contributed by atoms with Crippen molar-refractivity contribution in [3.63, 3.8) is 0 Å². The normalized spacial score (nSPS) is 11.4. The summed E-state index contributed by atoms with van der Waals surface area (Å²) in [5.74, 6) is -3.80. The molecule has 1 heterocycles. The number of ether oxygens (including phenoxy) is 2. The molecular weight excluding hydrogens is 537 g/mol. The van der Waals surface area contributed by atoms with Crippen LogP contribution in [0.2, 0.25) is 5.02 Å². The number of amides is 1. The molecule has 4 rings (SSSR count). The number of rotatable bonds is 6. The molecule has 0 spiro atoms. The lowest BCUT2D eigenvalue weighted by Gasteiger charge is -2.13. The van der Waals surface area contributed by atoms with Crippen LogP contribution in [0.15, 0.2) is 65.5 Å². The lowest BCUT2D eigenvalue weighted by atomic mass is 10.1. The van der Waals surface area contributed by atoms with E-state index in [1.807, 2.05) is 0 Å². The summed E-state index contributed by atoms with van der Waals surface area (Å²) in [6.45, 7) is 0. The Morgan fingerprint density at radius 1 is 0.974 bits per heavy atom. The van der Waals surface area contributed by atoms with Gasteiger partial charge in [0.1, 0.15) is 34.5 Å². The first-order valence-electron chi connectivity index (χ1n) is 10.7. The number of hydrogen-bond acceptors (Lipinski definition) is 4. The van der Waals surface area contributed by atoms with Crippen LogP contribution in [0, 0.1) is 11.6 Å². The third-order valence-electron chi connectivity index (χ3n) is 5.42. The van der Waals surface area contributed by atoms with Crippen molar-refractivity contribution in [2.24, 2.45) is 7.05 Å². The molecule has 0 aliphatic rings. The first-order chi connectivity index (χ1) is 17.9. The zero-order valence-electron chi connectivity index (χ0n) is 19.6. The summed E-state index contributed by atoms with van der Waals surface area (Å²) in [7, 11) is 2.55. The zero-order chi connectivity index (χ0) is 27.8. The molecule has 38 heavy (non-hydrogen) atoms. The number of aromatic nitrogens is 2. The second kappa shape index (κ2) is 10.2. The zero-order valence-corrected chi connectivity index (χ0v) is 20.3. The number of hydrogen-bond donors (Lipinski definition) is 1. The van der Waals surface area contributed by atoms with Gasteiger partial charge in [0.25, 0.3) is 11.5 Å². The van der Waals surface area contributed by atoms with E-state index in [1.165, 1.54) is 26.3 Å². The van der Waals surface area contributed by atoms with Crippen molar-refractivity contribution in [3.05, 3.63) is 93.2 Å². The van der Waals surface area contributed by atoms with Crippen LogP contribution in [0.3, 0.4) is 0 Å². The van der Waals surface area contributed by atoms with Crippen molar-refractivity contribution in [2.75, 3.05) is 12.4 Å². The number of nitrogens with one attached hydrogen (secondary N) is 1. The summed E-state index contributed by atoms with van der Waals surface area (Å²) in [5.41, 5.74) is -2.36. The van der Waals surface area contributed by atoms with E-state index in [9.17, 15) is 22.8 Å². The number of methoxy groups -OCH3 is 1. The van der Waals surface area contributed by atoms with Gasteiger partial charge in [-0.2, -0.15) is 0 Å². The van der Waals surface area contributed by atoms with Crippen LogP contribution >= 0.6 is 11.6 Å². The standard InChI is InChI=1S/C25H17ClF5N3O4/c1-33-22(20-17(27)11-15(37-2)12-18(20)28)21(24(36)34(33)19-6-4-3-5-16(19)26)32-23(35)13-7-9-14(10-8-13)38-25(29,30)31/h3-12H,1-2H3,(H,32,35). The molecular formula is C25H17ClF5N3O4. The molecule has 0 bridgehead atoms. The van der Waals surface area contributed by atoms with Crippen LogP contribution in [0.1, 0.15) is 10.4 Å². The summed E-state index contributed by atoms with van der Waals surface area (Å²) in [5, 5.41) is 2.47. The van der Waals surface area contributed by atoms with E-state index in [-0.39, 0.29) is 27.7 Å². The van der Waals surface area contributed by atoms with Crippen molar-refractivity contribution in [2.45, 2.75) is 6.36 Å². The molecule has 1 amide bonds. The highest BCUT2D eigenvalue weighted by Gasteiger charge is 2.31. The number of para-hydroxylation sites is 1. The largest absolute Gasteiger partial charge is 0.573 e. The van der Waals surface area contributed by atoms with Gasteiger partial charge < -0.3 is 14.8 Å². The van der Waals surface area contributed by atoms with E-state index in [1.54, 1.807) is 12.1 Å². The Kier molecular flexibility index (Phi) is 7.18. The van der Waals surface area contributed by atoms with Crippen molar-refractivity contribution < 1.29 is 36.2 Å². The Balaban J connectivity index is 1.86. The number of alkyl halides is 3. The molecule has 0 aliphatic carbocycles. The van der Waals surface area contributed by atoms with Gasteiger partial charge in [0.05, 0.1) is 23.4 Å². The van der Waals surface area contributed by atoms with Gasteiger partial charge in [-0.15, -0.1) is 13.2 Å². The van der Waals surface area contributed by atoms with Gasteiger partial charge in [-0.1, -0.05) is 23.7 Å². The Morgan fingerprint density at radius 3 is 2.13 bits per heavy atom. The molecule has 3 aromatic carbocycles. The summed E-state index contributed by atoms with van der Waals surface area (Å²) in [6, 6.07) is 11.8. The third kappa shape index (κ3) is 5.21. The van der Waals surface area contributed by atoms with Gasteiger partial charge in [0, 0.05) is 24.7 Å². The molecule has 1 aromatic heterocycles. The van der Waals surface area contributed by atoms with Crippen LogP contribution in [-0.2, 0) is 7.05 Å². The van der Waals surface area contributed by atoms with Crippen LogP contribution in [0.5, 0.6) is 11.5 Å². The molecule has 0 aliphatic heterocycles. The quantitative estimate of drug-likeness (QED) is 0.300. The molecule has 4 aromatic rings. The highest BCUT2D eigenvalue weighted by Crippen LogP contribution is 2.35. The lowest BCUT2D eigenvalue weighted by Crippen LogP contribution is -2.23. The van der Waals surface area contributed by atoms with Gasteiger partial charge in [-0.05, 0) is 36.4 Å². The predicted octanol–water partition coefficient (Wildman–Crippen LogP) is 5.93. The monoisotopic (exact) mass is 553 g/mol. The summed E-state index contributed by atoms with van der Waals surface area (Å²) in [6.07, 6.45) is -4.93. The fourth-order valence-electron chi connectivity index (χ4n) is 3.79. The molecule has 198 valence electrons. The van der Waals surface area contributed by atoms with Gasteiger partial charge in [0.15, 0.2) is 0 Å². The van der Waals surface area contributed by atoms with Gasteiger partial charge in [-0.3, -0.25) is 14.3 Å². The fourth-order valence-corrected chi connectivity index (χ4v) is 4.00. The highest BCUT2D eigenvalue weighted by molar-refractivity contribution is 6.32. The molecule has 1 N–H and O–H groups in total. The molecule has 13 heteroatoms. The van der Waals surface area contributed by atoms with Crippen LogP contribution in [-0.4, -0.2) is 28.7 Å². The van der Waals surface area contributed by atoms with E-state index in [0.29, 0.717) is 0 Å². The average Bonchev–Trinajstić information content (AvgIpc) is 3.07. The summed E-state index contributed by atoms with van der Waals surface area (Å²) >= 11 is 6.26. The number of anilines is 1. The fraction of sp³-hybridized carbons (Fsp3) is 0.120. The van der Waals surface area contributed by atoms with Crippen molar-refractivity contribution in [3.8, 4) is 28.4 Å². The van der Waals surface area contributed by atoms with Crippen LogP contribution in [0.25, 0.3) is 16.9 Å². The minimum atomic E-state index is -4.93. The Morgan fingerprint density at radius 2 is 1.58 bits per heavy atom. The Bertz CT molecular complexity index is 1560. The molecule has 7 nitrogen and oxygen atoms in total. The second-order valence-electron chi connectivity index (χ2n) is 7.81. The van der Waals surface area contributed by atoms with E-state index in [2.05, 4.69) is 10.1 Å². The molecule has 0 unspecified atom stereocenters. The number of halogens is 6. The van der Waals surface area contributed by atoms with Gasteiger partial charge >= 0.3 is 6.36 Å². The minimum Gasteiger partial charge on any atom is -0.497 e. The lowest BCUT2D eigenvalue weighted by molar-refractivity contribution is -0.274. The van der Waals surface area contributed by atoms with E-state index >= 15 is 8.78 Å². The number of benzene rings is 3. The number of nitrogens with zero attached hydrogens (tertiary/aromatic N) is 2. The van der Waals surface area contributed by atoms with Crippen molar-refractivity contribution >= 4 is 23.2 Å². The van der Waals surface area contributed by atoms with Crippen molar-refractivity contribution in [1.82, 2.24) is 9.36 Å². The molecule has 0 fully saturated rings. The SMILES string of the molecule is COc1cc(F)c(-c2c(NC(=O)c3ccc(OC(F)(F)F)cc3)c(=O)n(-c3ccccc3Cl)n2C)c(F)c1. The topological polar surface area (TPSA) is 74.5 Å².